The molecule has 2 aromatic carbocycles. The van der Waals surface area contributed by atoms with Gasteiger partial charge >= 0.3 is 0 Å². The fourth-order valence-corrected chi connectivity index (χ4v) is 3.10. The maximum Gasteiger partial charge on any atom is 0.224 e. The average Bonchev–Trinajstić information content (AvgIpc) is 2.61. The molecule has 2 aromatic rings. The summed E-state index contributed by atoms with van der Waals surface area (Å²) in [5.74, 6) is -0.0997. The Bertz CT molecular complexity index is 772. The third kappa shape index (κ3) is 5.33. The van der Waals surface area contributed by atoms with Crippen LogP contribution in [-0.4, -0.2) is 24.9 Å². The van der Waals surface area contributed by atoms with Crippen LogP contribution in [0.4, 0.5) is 5.69 Å². The van der Waals surface area contributed by atoms with Gasteiger partial charge in [-0.3, -0.25) is 9.59 Å². The second kappa shape index (κ2) is 9.39. The molecule has 0 saturated carbocycles. The van der Waals surface area contributed by atoms with Gasteiger partial charge in [-0.2, -0.15) is 0 Å². The standard InChI is InChI=1S/C21H25ClN2O2/c1-4-18-7-5-6-15(2)21(18)24(16(3)25)13-12-23-20(26)14-17-8-10-19(22)11-9-17/h5-11H,4,12-14H2,1-3H3,(H,23,26). The zero-order valence-corrected chi connectivity index (χ0v) is 16.3. The van der Waals surface area contributed by atoms with E-state index in [2.05, 4.69) is 12.2 Å². The maximum absolute atomic E-state index is 12.2. The van der Waals surface area contributed by atoms with E-state index < -0.39 is 0 Å². The molecule has 0 bridgehead atoms. The van der Waals surface area contributed by atoms with Crippen molar-refractivity contribution in [3.05, 3.63) is 64.2 Å². The fourth-order valence-electron chi connectivity index (χ4n) is 2.98. The van der Waals surface area contributed by atoms with Gasteiger partial charge in [-0.25, -0.2) is 0 Å². The van der Waals surface area contributed by atoms with Crippen molar-refractivity contribution in [3.8, 4) is 0 Å². The number of carbonyl (C=O) groups is 2. The molecule has 0 aromatic heterocycles. The Kier molecular flexibility index (Phi) is 7.22. The van der Waals surface area contributed by atoms with Crippen molar-refractivity contribution in [1.82, 2.24) is 5.32 Å². The molecule has 0 aliphatic rings. The van der Waals surface area contributed by atoms with Gasteiger partial charge in [0.2, 0.25) is 11.8 Å². The van der Waals surface area contributed by atoms with E-state index >= 15 is 0 Å². The highest BCUT2D eigenvalue weighted by molar-refractivity contribution is 6.30. The van der Waals surface area contributed by atoms with E-state index in [0.717, 1.165) is 28.8 Å². The van der Waals surface area contributed by atoms with Crippen molar-refractivity contribution in [3.63, 3.8) is 0 Å². The van der Waals surface area contributed by atoms with Crippen molar-refractivity contribution in [1.29, 1.82) is 0 Å². The number of hydrogen-bond acceptors (Lipinski definition) is 2. The predicted molar refractivity (Wildman–Crippen MR) is 107 cm³/mol. The van der Waals surface area contributed by atoms with E-state index in [-0.39, 0.29) is 11.8 Å². The van der Waals surface area contributed by atoms with Crippen LogP contribution in [0.2, 0.25) is 5.02 Å². The molecule has 138 valence electrons. The minimum absolute atomic E-state index is 0.0269. The van der Waals surface area contributed by atoms with Crippen molar-refractivity contribution in [2.24, 2.45) is 0 Å². The normalized spacial score (nSPS) is 10.5. The quantitative estimate of drug-likeness (QED) is 0.800. The van der Waals surface area contributed by atoms with Gasteiger partial charge in [0, 0.05) is 30.7 Å². The molecule has 0 radical (unpaired) electrons. The van der Waals surface area contributed by atoms with Crippen LogP contribution in [0.3, 0.4) is 0 Å². The molecule has 0 unspecified atom stereocenters. The molecular weight excluding hydrogens is 348 g/mol. The van der Waals surface area contributed by atoms with Crippen LogP contribution in [0.5, 0.6) is 0 Å². The lowest BCUT2D eigenvalue weighted by Gasteiger charge is -2.26. The number of anilines is 1. The van der Waals surface area contributed by atoms with Gasteiger partial charge in [-0.15, -0.1) is 0 Å². The van der Waals surface area contributed by atoms with Gasteiger partial charge in [-0.1, -0.05) is 48.9 Å². The highest BCUT2D eigenvalue weighted by Crippen LogP contribution is 2.25. The number of nitrogens with zero attached hydrogens (tertiary/aromatic N) is 1. The first-order valence-corrected chi connectivity index (χ1v) is 9.18. The Morgan fingerprint density at radius 2 is 1.81 bits per heavy atom. The molecular formula is C21H25ClN2O2. The highest BCUT2D eigenvalue weighted by atomic mass is 35.5. The average molecular weight is 373 g/mol. The monoisotopic (exact) mass is 372 g/mol. The second-order valence-electron chi connectivity index (χ2n) is 6.26. The van der Waals surface area contributed by atoms with E-state index in [1.54, 1.807) is 24.0 Å². The van der Waals surface area contributed by atoms with Gasteiger partial charge in [0.25, 0.3) is 0 Å². The number of carbonyl (C=O) groups excluding carboxylic acids is 2. The number of hydrogen-bond donors (Lipinski definition) is 1. The molecule has 0 atom stereocenters. The van der Waals surface area contributed by atoms with Gasteiger partial charge in [0.05, 0.1) is 6.42 Å². The minimum atomic E-state index is -0.0728. The lowest BCUT2D eigenvalue weighted by molar-refractivity contribution is -0.121. The summed E-state index contributed by atoms with van der Waals surface area (Å²) in [6.07, 6.45) is 1.14. The van der Waals surface area contributed by atoms with Gasteiger partial charge in [0.1, 0.15) is 0 Å². The van der Waals surface area contributed by atoms with Gasteiger partial charge in [0.15, 0.2) is 0 Å². The molecule has 0 heterocycles. The van der Waals surface area contributed by atoms with Crippen LogP contribution < -0.4 is 10.2 Å². The molecule has 2 rings (SSSR count). The second-order valence-corrected chi connectivity index (χ2v) is 6.70. The number of para-hydroxylation sites is 1. The number of amides is 2. The van der Waals surface area contributed by atoms with Crippen molar-refractivity contribution < 1.29 is 9.59 Å². The van der Waals surface area contributed by atoms with Crippen LogP contribution in [0, 0.1) is 6.92 Å². The summed E-state index contributed by atoms with van der Waals surface area (Å²) >= 11 is 5.85. The number of halogens is 1. The molecule has 0 aliphatic carbocycles. The van der Waals surface area contributed by atoms with Crippen molar-refractivity contribution in [2.45, 2.75) is 33.6 Å². The molecule has 0 aliphatic heterocycles. The predicted octanol–water partition coefficient (Wildman–Crippen LogP) is 3.92. The fraction of sp³-hybridized carbons (Fsp3) is 0.333. The van der Waals surface area contributed by atoms with E-state index in [4.69, 9.17) is 11.6 Å². The lowest BCUT2D eigenvalue weighted by Crippen LogP contribution is -2.38. The third-order valence-corrected chi connectivity index (χ3v) is 4.54. The molecule has 0 spiro atoms. The summed E-state index contributed by atoms with van der Waals surface area (Å²) in [6.45, 7) is 6.48. The SMILES string of the molecule is CCc1cccc(C)c1N(CCNC(=O)Cc1ccc(Cl)cc1)C(C)=O. The summed E-state index contributed by atoms with van der Waals surface area (Å²) in [4.78, 5) is 26.0. The molecule has 26 heavy (non-hydrogen) atoms. The van der Waals surface area contributed by atoms with Crippen LogP contribution in [0.25, 0.3) is 0 Å². The summed E-state index contributed by atoms with van der Waals surface area (Å²) in [5, 5.41) is 3.54. The van der Waals surface area contributed by atoms with Gasteiger partial charge < -0.3 is 10.2 Å². The van der Waals surface area contributed by atoms with Gasteiger partial charge in [-0.05, 0) is 42.2 Å². The van der Waals surface area contributed by atoms with E-state index in [9.17, 15) is 9.59 Å². The van der Waals surface area contributed by atoms with E-state index in [0.29, 0.717) is 24.5 Å². The summed E-state index contributed by atoms with van der Waals surface area (Å²) in [7, 11) is 0. The molecule has 4 nitrogen and oxygen atoms in total. The summed E-state index contributed by atoms with van der Waals surface area (Å²) < 4.78 is 0. The highest BCUT2D eigenvalue weighted by Gasteiger charge is 2.17. The first kappa shape index (κ1) is 20.0. The zero-order valence-electron chi connectivity index (χ0n) is 15.5. The molecule has 0 fully saturated rings. The Hall–Kier alpha value is -2.33. The Morgan fingerprint density at radius 3 is 2.42 bits per heavy atom. The van der Waals surface area contributed by atoms with E-state index in [1.807, 2.05) is 37.3 Å². The lowest BCUT2D eigenvalue weighted by atomic mass is 10.0. The van der Waals surface area contributed by atoms with Crippen LogP contribution in [0.1, 0.15) is 30.5 Å². The molecule has 0 saturated heterocycles. The summed E-state index contributed by atoms with van der Waals surface area (Å²) in [6, 6.07) is 13.3. The third-order valence-electron chi connectivity index (χ3n) is 4.29. The first-order chi connectivity index (χ1) is 12.4. The molecule has 1 N–H and O–H groups in total. The smallest absolute Gasteiger partial charge is 0.224 e. The minimum Gasteiger partial charge on any atom is -0.354 e. The number of rotatable bonds is 7. The maximum atomic E-state index is 12.2. The first-order valence-electron chi connectivity index (χ1n) is 8.80. The number of nitrogens with one attached hydrogen (secondary N) is 1. The Labute approximate surface area is 160 Å². The topological polar surface area (TPSA) is 49.4 Å². The van der Waals surface area contributed by atoms with Crippen LogP contribution >= 0.6 is 11.6 Å². The van der Waals surface area contributed by atoms with Crippen LogP contribution in [0.15, 0.2) is 42.5 Å². The number of aryl methyl sites for hydroxylation is 2. The molecule has 5 heteroatoms. The van der Waals surface area contributed by atoms with Crippen molar-refractivity contribution >= 4 is 29.1 Å². The largest absolute Gasteiger partial charge is 0.354 e. The van der Waals surface area contributed by atoms with Crippen molar-refractivity contribution in [2.75, 3.05) is 18.0 Å². The molecule has 2 amide bonds. The number of benzene rings is 2. The Balaban J connectivity index is 1.98. The zero-order chi connectivity index (χ0) is 19.1. The van der Waals surface area contributed by atoms with E-state index in [1.165, 1.54) is 0 Å². The Morgan fingerprint density at radius 1 is 1.12 bits per heavy atom. The summed E-state index contributed by atoms with van der Waals surface area (Å²) in [5.41, 5.74) is 4.05. The van der Waals surface area contributed by atoms with Crippen LogP contribution in [-0.2, 0) is 22.4 Å².